The first-order valence-corrected chi connectivity index (χ1v) is 9.18. The molecule has 0 radical (unpaired) electrons. The molecule has 22 heavy (non-hydrogen) atoms. The molecular formula is C20H32N2. The van der Waals surface area contributed by atoms with E-state index in [-0.39, 0.29) is 5.54 Å². The molecule has 1 aromatic rings. The van der Waals surface area contributed by atoms with Crippen molar-refractivity contribution in [3.63, 3.8) is 0 Å². The molecule has 2 rings (SSSR count). The lowest BCUT2D eigenvalue weighted by Gasteiger charge is -2.28. The van der Waals surface area contributed by atoms with Crippen LogP contribution in [0.15, 0.2) is 29.3 Å². The number of hydrogen-bond donors (Lipinski definition) is 1. The van der Waals surface area contributed by atoms with Gasteiger partial charge >= 0.3 is 0 Å². The van der Waals surface area contributed by atoms with E-state index in [1.54, 1.807) is 0 Å². The van der Waals surface area contributed by atoms with Gasteiger partial charge in [0.1, 0.15) is 5.84 Å². The second kappa shape index (κ2) is 8.36. The first kappa shape index (κ1) is 17.1. The molecule has 1 aromatic carbocycles. The normalized spacial score (nSPS) is 15.6. The Morgan fingerprint density at radius 3 is 2.05 bits per heavy atom. The van der Waals surface area contributed by atoms with Crippen LogP contribution >= 0.6 is 0 Å². The SMILES string of the molecule is CCCCCCC1(CCCCCC)N=C(N)c2ccccc21. The topological polar surface area (TPSA) is 38.4 Å². The van der Waals surface area contributed by atoms with Gasteiger partial charge in [0.25, 0.3) is 0 Å². The highest BCUT2D eigenvalue weighted by Gasteiger charge is 2.37. The lowest BCUT2D eigenvalue weighted by Crippen LogP contribution is -2.22. The molecule has 1 aliphatic rings. The Hall–Kier alpha value is -1.31. The summed E-state index contributed by atoms with van der Waals surface area (Å²) >= 11 is 0. The Morgan fingerprint density at radius 1 is 0.864 bits per heavy atom. The fraction of sp³-hybridized carbons (Fsp3) is 0.650. The van der Waals surface area contributed by atoms with E-state index in [0.717, 1.165) is 18.7 Å². The lowest BCUT2D eigenvalue weighted by atomic mass is 9.80. The molecule has 0 fully saturated rings. The molecule has 2 heteroatoms. The Bertz CT molecular complexity index is 478. The zero-order valence-electron chi connectivity index (χ0n) is 14.4. The summed E-state index contributed by atoms with van der Waals surface area (Å²) in [6.45, 7) is 4.53. The second-order valence-electron chi connectivity index (χ2n) is 6.70. The van der Waals surface area contributed by atoms with Crippen LogP contribution in [-0.2, 0) is 5.54 Å². The molecule has 0 saturated heterocycles. The van der Waals surface area contributed by atoms with Gasteiger partial charge in [-0.15, -0.1) is 0 Å². The molecule has 0 aromatic heterocycles. The molecule has 0 spiro atoms. The predicted octanol–water partition coefficient (Wildman–Crippen LogP) is 5.54. The molecule has 0 unspecified atom stereocenters. The van der Waals surface area contributed by atoms with Crippen molar-refractivity contribution in [1.29, 1.82) is 0 Å². The minimum atomic E-state index is -0.0395. The highest BCUT2D eigenvalue weighted by atomic mass is 15.0. The molecule has 0 saturated carbocycles. The van der Waals surface area contributed by atoms with Gasteiger partial charge in [0.05, 0.1) is 5.54 Å². The smallest absolute Gasteiger partial charge is 0.126 e. The van der Waals surface area contributed by atoms with Crippen molar-refractivity contribution >= 4 is 5.84 Å². The minimum absolute atomic E-state index is 0.0395. The van der Waals surface area contributed by atoms with Crippen LogP contribution in [0.2, 0.25) is 0 Å². The average Bonchev–Trinajstić information content (AvgIpc) is 2.82. The van der Waals surface area contributed by atoms with Crippen molar-refractivity contribution in [3.8, 4) is 0 Å². The van der Waals surface area contributed by atoms with Crippen LogP contribution in [0.1, 0.15) is 89.2 Å². The van der Waals surface area contributed by atoms with Gasteiger partial charge in [-0.3, -0.25) is 4.99 Å². The number of hydrogen-bond acceptors (Lipinski definition) is 2. The predicted molar refractivity (Wildman–Crippen MR) is 96.4 cm³/mol. The monoisotopic (exact) mass is 300 g/mol. The van der Waals surface area contributed by atoms with Crippen LogP contribution in [-0.4, -0.2) is 5.84 Å². The van der Waals surface area contributed by atoms with Gasteiger partial charge in [0, 0.05) is 5.56 Å². The van der Waals surface area contributed by atoms with E-state index in [4.69, 9.17) is 10.7 Å². The van der Waals surface area contributed by atoms with Gasteiger partial charge in [-0.05, 0) is 18.4 Å². The molecule has 0 amide bonds. The number of fused-ring (bicyclic) bond motifs is 1. The van der Waals surface area contributed by atoms with Gasteiger partial charge < -0.3 is 5.73 Å². The van der Waals surface area contributed by atoms with Crippen LogP contribution in [0.3, 0.4) is 0 Å². The summed E-state index contributed by atoms with van der Waals surface area (Å²) in [4.78, 5) is 4.98. The van der Waals surface area contributed by atoms with Crippen molar-refractivity contribution < 1.29 is 0 Å². The fourth-order valence-corrected chi connectivity index (χ4v) is 3.66. The van der Waals surface area contributed by atoms with Crippen LogP contribution in [0.4, 0.5) is 0 Å². The van der Waals surface area contributed by atoms with Gasteiger partial charge in [-0.2, -0.15) is 0 Å². The summed E-state index contributed by atoms with van der Waals surface area (Å²) in [6.07, 6.45) is 12.7. The number of rotatable bonds is 10. The Balaban J connectivity index is 2.12. The Labute approximate surface area is 136 Å². The third kappa shape index (κ3) is 3.91. The van der Waals surface area contributed by atoms with Gasteiger partial charge in [0.2, 0.25) is 0 Å². The number of benzene rings is 1. The molecule has 0 aliphatic carbocycles. The zero-order valence-corrected chi connectivity index (χ0v) is 14.4. The van der Waals surface area contributed by atoms with Gasteiger partial charge in [0.15, 0.2) is 0 Å². The van der Waals surface area contributed by atoms with Crippen molar-refractivity contribution in [1.82, 2.24) is 0 Å². The van der Waals surface area contributed by atoms with Crippen molar-refractivity contribution in [2.24, 2.45) is 10.7 Å². The molecule has 122 valence electrons. The standard InChI is InChI=1S/C20H32N2/c1-3-5-7-11-15-20(16-12-8-6-4-2)18-14-10-9-13-17(18)19(21)22-20/h9-10,13-14H,3-8,11-12,15-16H2,1-2H3,(H2,21,22). The first-order valence-electron chi connectivity index (χ1n) is 9.18. The zero-order chi connectivity index (χ0) is 15.8. The van der Waals surface area contributed by atoms with Crippen LogP contribution in [0.5, 0.6) is 0 Å². The Kier molecular flexibility index (Phi) is 6.48. The summed E-state index contributed by atoms with van der Waals surface area (Å²) in [7, 11) is 0. The van der Waals surface area contributed by atoms with E-state index >= 15 is 0 Å². The molecule has 1 heterocycles. The second-order valence-corrected chi connectivity index (χ2v) is 6.70. The summed E-state index contributed by atoms with van der Waals surface area (Å²) in [5, 5.41) is 0. The van der Waals surface area contributed by atoms with Gasteiger partial charge in [-0.1, -0.05) is 89.5 Å². The largest absolute Gasteiger partial charge is 0.383 e. The van der Waals surface area contributed by atoms with E-state index in [0.29, 0.717) is 0 Å². The first-order chi connectivity index (χ1) is 10.7. The minimum Gasteiger partial charge on any atom is -0.383 e. The maximum Gasteiger partial charge on any atom is 0.126 e. The molecule has 1 aliphatic heterocycles. The Morgan fingerprint density at radius 2 is 1.45 bits per heavy atom. The van der Waals surface area contributed by atoms with Crippen LogP contribution in [0, 0.1) is 0 Å². The third-order valence-corrected chi connectivity index (χ3v) is 4.93. The molecule has 0 bridgehead atoms. The fourth-order valence-electron chi connectivity index (χ4n) is 3.66. The lowest BCUT2D eigenvalue weighted by molar-refractivity contribution is 0.354. The number of nitrogens with two attached hydrogens (primary N) is 1. The third-order valence-electron chi connectivity index (χ3n) is 4.93. The van der Waals surface area contributed by atoms with Crippen molar-refractivity contribution in [2.45, 2.75) is 83.6 Å². The number of unbranched alkanes of at least 4 members (excludes halogenated alkanes) is 6. The average molecular weight is 300 g/mol. The van der Waals surface area contributed by atoms with Crippen molar-refractivity contribution in [2.75, 3.05) is 0 Å². The summed E-state index contributed by atoms with van der Waals surface area (Å²) in [5.74, 6) is 0.751. The maximum atomic E-state index is 6.23. The molecule has 0 atom stereocenters. The highest BCUT2D eigenvalue weighted by molar-refractivity contribution is 6.01. The maximum absolute atomic E-state index is 6.23. The van der Waals surface area contributed by atoms with E-state index in [9.17, 15) is 0 Å². The van der Waals surface area contributed by atoms with E-state index < -0.39 is 0 Å². The van der Waals surface area contributed by atoms with Gasteiger partial charge in [-0.25, -0.2) is 0 Å². The summed E-state index contributed by atoms with van der Waals surface area (Å²) in [6, 6.07) is 8.59. The van der Waals surface area contributed by atoms with Crippen LogP contribution < -0.4 is 5.73 Å². The van der Waals surface area contributed by atoms with E-state index in [2.05, 4.69) is 38.1 Å². The number of aliphatic imine (C=N–C) groups is 1. The van der Waals surface area contributed by atoms with Crippen molar-refractivity contribution in [3.05, 3.63) is 35.4 Å². The molecule has 2 nitrogen and oxygen atoms in total. The quantitative estimate of drug-likeness (QED) is 0.566. The molecular weight excluding hydrogens is 268 g/mol. The van der Waals surface area contributed by atoms with E-state index in [1.807, 2.05) is 0 Å². The number of amidine groups is 1. The summed E-state index contributed by atoms with van der Waals surface area (Å²) in [5.41, 5.74) is 8.74. The molecule has 2 N–H and O–H groups in total. The summed E-state index contributed by atoms with van der Waals surface area (Å²) < 4.78 is 0. The number of nitrogens with zero attached hydrogens (tertiary/aromatic N) is 1. The van der Waals surface area contributed by atoms with Crippen LogP contribution in [0.25, 0.3) is 0 Å². The van der Waals surface area contributed by atoms with E-state index in [1.165, 1.54) is 62.5 Å². The highest BCUT2D eigenvalue weighted by Crippen LogP contribution is 2.42.